The molecule has 4 rings (SSSR count). The molecule has 1 aromatic carbocycles. The zero-order valence-electron chi connectivity index (χ0n) is 22.7. The topological polar surface area (TPSA) is 193 Å². The van der Waals surface area contributed by atoms with E-state index in [0.29, 0.717) is 17.7 Å². The number of carbonyl (C=O) groups excluding carboxylic acids is 3. The largest absolute Gasteiger partial charge is 0.459 e. The third-order valence-electron chi connectivity index (χ3n) is 6.39. The minimum Gasteiger partial charge on any atom is -0.459 e. The van der Waals surface area contributed by atoms with Gasteiger partial charge >= 0.3 is 5.97 Å². The van der Waals surface area contributed by atoms with E-state index in [-0.39, 0.29) is 34.4 Å². The van der Waals surface area contributed by atoms with Crippen LogP contribution in [-0.4, -0.2) is 85.3 Å². The SMILES string of the molecule is CO.NC(=O)c1cc(Cl)c(N)[nH]c1=O.O=C(NCCN1CCCCC1)c1ccc(C(=O)OC2CCNCC2)cc1. The van der Waals surface area contributed by atoms with Gasteiger partial charge in [0.05, 0.1) is 10.6 Å². The van der Waals surface area contributed by atoms with Gasteiger partial charge in [0.25, 0.3) is 17.4 Å². The molecule has 1 aromatic heterocycles. The van der Waals surface area contributed by atoms with Gasteiger partial charge < -0.3 is 41.8 Å². The molecule has 0 atom stereocenters. The van der Waals surface area contributed by atoms with Crippen LogP contribution < -0.4 is 27.7 Å². The second-order valence-electron chi connectivity index (χ2n) is 9.23. The van der Waals surface area contributed by atoms with Gasteiger partial charge in [-0.25, -0.2) is 4.79 Å². The number of aliphatic hydroxyl groups excluding tert-OH is 1. The Morgan fingerprint density at radius 3 is 2.27 bits per heavy atom. The molecule has 0 radical (unpaired) electrons. The Hall–Kier alpha value is -3.45. The Labute approximate surface area is 238 Å². The van der Waals surface area contributed by atoms with Crippen molar-refractivity contribution in [2.45, 2.75) is 38.2 Å². The van der Waals surface area contributed by atoms with Gasteiger partial charge in [0.15, 0.2) is 0 Å². The van der Waals surface area contributed by atoms with Crippen LogP contribution in [0.5, 0.6) is 0 Å². The number of carbonyl (C=O) groups is 3. The molecule has 2 aromatic rings. The van der Waals surface area contributed by atoms with Crippen molar-refractivity contribution >= 4 is 35.2 Å². The number of nitrogens with one attached hydrogen (secondary N) is 3. The van der Waals surface area contributed by atoms with Crippen molar-refractivity contribution < 1.29 is 24.2 Å². The normalized spacial score (nSPS) is 15.5. The molecule has 2 fully saturated rings. The van der Waals surface area contributed by atoms with E-state index in [1.807, 2.05) is 0 Å². The highest BCUT2D eigenvalue weighted by Gasteiger charge is 2.19. The molecule has 12 nitrogen and oxygen atoms in total. The molecule has 0 saturated carbocycles. The van der Waals surface area contributed by atoms with Gasteiger partial charge in [-0.15, -0.1) is 0 Å². The first-order chi connectivity index (χ1) is 19.2. The third kappa shape index (κ3) is 10.6. The molecular formula is C27H39ClN6O6. The quantitative estimate of drug-likeness (QED) is 0.261. The van der Waals surface area contributed by atoms with E-state index in [0.717, 1.165) is 58.7 Å². The molecular weight excluding hydrogens is 540 g/mol. The van der Waals surface area contributed by atoms with Crippen molar-refractivity contribution in [2.75, 3.05) is 52.1 Å². The van der Waals surface area contributed by atoms with Crippen molar-refractivity contribution in [1.29, 1.82) is 0 Å². The van der Waals surface area contributed by atoms with Crippen molar-refractivity contribution in [3.63, 3.8) is 0 Å². The number of pyridine rings is 1. The number of halogens is 1. The summed E-state index contributed by atoms with van der Waals surface area (Å²) in [5, 5.41) is 13.3. The van der Waals surface area contributed by atoms with Gasteiger partial charge in [0.1, 0.15) is 17.5 Å². The molecule has 2 aliphatic rings. The van der Waals surface area contributed by atoms with Crippen LogP contribution in [0.2, 0.25) is 5.02 Å². The number of H-pyrrole nitrogens is 1. The van der Waals surface area contributed by atoms with Crippen molar-refractivity contribution in [1.82, 2.24) is 20.5 Å². The zero-order valence-corrected chi connectivity index (χ0v) is 23.5. The molecule has 0 aliphatic carbocycles. The lowest BCUT2D eigenvalue weighted by Gasteiger charge is -2.26. The number of nitrogens with zero attached hydrogens (tertiary/aromatic N) is 1. The van der Waals surface area contributed by atoms with Crippen LogP contribution >= 0.6 is 11.6 Å². The number of nitrogens with two attached hydrogens (primary N) is 2. The minimum absolute atomic E-state index is 0.0125. The number of rotatable bonds is 7. The van der Waals surface area contributed by atoms with Crippen LogP contribution in [0.25, 0.3) is 0 Å². The molecule has 220 valence electrons. The van der Waals surface area contributed by atoms with Crippen LogP contribution in [0, 0.1) is 0 Å². The number of hydrogen-bond donors (Lipinski definition) is 6. The van der Waals surface area contributed by atoms with Gasteiger partial charge in [0, 0.05) is 25.8 Å². The predicted octanol–water partition coefficient (Wildman–Crippen LogP) is 1.13. The van der Waals surface area contributed by atoms with Crippen LogP contribution in [0.1, 0.15) is 63.2 Å². The summed E-state index contributed by atoms with van der Waals surface area (Å²) >= 11 is 5.53. The Morgan fingerprint density at radius 2 is 1.68 bits per heavy atom. The van der Waals surface area contributed by atoms with E-state index in [9.17, 15) is 19.2 Å². The molecule has 0 bridgehead atoms. The van der Waals surface area contributed by atoms with Gasteiger partial charge in [-0.3, -0.25) is 14.4 Å². The number of nitrogen functional groups attached to an aromatic ring is 1. The molecule has 2 amide bonds. The predicted molar refractivity (Wildman–Crippen MR) is 154 cm³/mol. The fourth-order valence-electron chi connectivity index (χ4n) is 4.21. The minimum atomic E-state index is -0.835. The Bertz CT molecular complexity index is 1160. The highest BCUT2D eigenvalue weighted by molar-refractivity contribution is 6.33. The van der Waals surface area contributed by atoms with Gasteiger partial charge in [0.2, 0.25) is 0 Å². The lowest BCUT2D eigenvalue weighted by atomic mass is 10.1. The van der Waals surface area contributed by atoms with E-state index >= 15 is 0 Å². The first-order valence-electron chi connectivity index (χ1n) is 13.2. The fourth-order valence-corrected chi connectivity index (χ4v) is 4.36. The third-order valence-corrected chi connectivity index (χ3v) is 6.70. The number of anilines is 1. The second kappa shape index (κ2) is 17.3. The number of likely N-dealkylation sites (tertiary alicyclic amines) is 1. The van der Waals surface area contributed by atoms with Crippen LogP contribution in [-0.2, 0) is 4.74 Å². The smallest absolute Gasteiger partial charge is 0.338 e. The van der Waals surface area contributed by atoms with Gasteiger partial charge in [-0.05, 0) is 82.2 Å². The summed E-state index contributed by atoms with van der Waals surface area (Å²) in [4.78, 5) is 50.5. The summed E-state index contributed by atoms with van der Waals surface area (Å²) in [7, 11) is 1.00. The Kier molecular flexibility index (Phi) is 14.2. The lowest BCUT2D eigenvalue weighted by molar-refractivity contribution is 0.0229. The maximum absolute atomic E-state index is 12.2. The summed E-state index contributed by atoms with van der Waals surface area (Å²) in [5.74, 6) is -1.22. The number of hydrogen-bond acceptors (Lipinski definition) is 9. The summed E-state index contributed by atoms with van der Waals surface area (Å²) < 4.78 is 5.52. The first kappa shape index (κ1) is 32.8. The zero-order chi connectivity index (χ0) is 29.5. The van der Waals surface area contributed by atoms with Crippen LogP contribution in [0.15, 0.2) is 35.1 Å². The number of aromatic nitrogens is 1. The monoisotopic (exact) mass is 578 g/mol. The van der Waals surface area contributed by atoms with Crippen LogP contribution in [0.3, 0.4) is 0 Å². The number of benzene rings is 1. The van der Waals surface area contributed by atoms with E-state index in [2.05, 4.69) is 20.5 Å². The summed E-state index contributed by atoms with van der Waals surface area (Å²) in [6, 6.07) is 7.86. The van der Waals surface area contributed by atoms with E-state index in [4.69, 9.17) is 32.9 Å². The molecule has 13 heteroatoms. The van der Waals surface area contributed by atoms with Crippen LogP contribution in [0.4, 0.5) is 5.82 Å². The molecule has 0 unspecified atom stereocenters. The van der Waals surface area contributed by atoms with E-state index < -0.39 is 11.5 Å². The average molecular weight is 579 g/mol. The first-order valence-corrected chi connectivity index (χ1v) is 13.6. The molecule has 2 aliphatic heterocycles. The molecule has 40 heavy (non-hydrogen) atoms. The van der Waals surface area contributed by atoms with Crippen molar-refractivity contribution in [3.05, 3.63) is 62.4 Å². The Morgan fingerprint density at radius 1 is 1.07 bits per heavy atom. The summed E-state index contributed by atoms with van der Waals surface area (Å²) in [5.41, 5.74) is 10.4. The highest BCUT2D eigenvalue weighted by atomic mass is 35.5. The molecule has 2 saturated heterocycles. The molecule has 8 N–H and O–H groups in total. The number of amides is 2. The average Bonchev–Trinajstić information content (AvgIpc) is 2.97. The van der Waals surface area contributed by atoms with E-state index in [1.165, 1.54) is 19.3 Å². The van der Waals surface area contributed by atoms with Crippen molar-refractivity contribution in [2.24, 2.45) is 5.73 Å². The number of aromatic amines is 1. The fraction of sp³-hybridized carbons (Fsp3) is 0.481. The number of primary amides is 1. The standard InChI is InChI=1S/C20H29N3O3.C6H6ClN3O2.CH4O/c24-19(22-12-15-23-13-2-1-3-14-23)16-4-6-17(7-5-16)20(25)26-18-8-10-21-11-9-18;7-3-1-2(5(9)11)6(12)10-4(3)8;1-2/h4-7,18,21H,1-3,8-15H2,(H,22,24);1H,(H2,9,11)(H3,8,10,12);2H,1H3. The second-order valence-corrected chi connectivity index (χ2v) is 9.64. The Balaban J connectivity index is 0.000000336. The number of aliphatic hydroxyl groups is 1. The maximum atomic E-state index is 12.2. The number of ether oxygens (including phenoxy) is 1. The lowest BCUT2D eigenvalue weighted by Crippen LogP contribution is -2.37. The highest BCUT2D eigenvalue weighted by Crippen LogP contribution is 2.14. The summed E-state index contributed by atoms with van der Waals surface area (Å²) in [6.07, 6.45) is 5.51. The number of esters is 1. The maximum Gasteiger partial charge on any atom is 0.338 e. The van der Waals surface area contributed by atoms with E-state index in [1.54, 1.807) is 24.3 Å². The molecule has 0 spiro atoms. The van der Waals surface area contributed by atoms with Gasteiger partial charge in [-0.2, -0.15) is 0 Å². The molecule has 3 heterocycles. The van der Waals surface area contributed by atoms with Gasteiger partial charge in [-0.1, -0.05) is 18.0 Å². The van der Waals surface area contributed by atoms with Crippen molar-refractivity contribution in [3.8, 4) is 0 Å². The summed E-state index contributed by atoms with van der Waals surface area (Å²) in [6.45, 7) is 5.57. The number of piperidine rings is 2.